The Kier molecular flexibility index (Phi) is 4.97. The van der Waals surface area contributed by atoms with Crippen LogP contribution < -0.4 is 0 Å². The highest BCUT2D eigenvalue weighted by Gasteiger charge is 2.23. The summed E-state index contributed by atoms with van der Waals surface area (Å²) in [5.74, 6) is -0.815. The summed E-state index contributed by atoms with van der Waals surface area (Å²) >= 11 is 0. The summed E-state index contributed by atoms with van der Waals surface area (Å²) < 4.78 is 7.44. The van der Waals surface area contributed by atoms with Crippen LogP contribution in [0.4, 0.5) is 0 Å². The average molecular weight is 329 g/mol. The van der Waals surface area contributed by atoms with Gasteiger partial charge in [0.1, 0.15) is 0 Å². The summed E-state index contributed by atoms with van der Waals surface area (Å²) in [6, 6.07) is 8.24. The second-order valence-electron chi connectivity index (χ2n) is 6.35. The number of nitrogens with zero attached hydrogens (tertiary/aromatic N) is 3. The molecule has 1 N–H and O–H groups in total. The normalized spacial score (nSPS) is 18.7. The van der Waals surface area contributed by atoms with E-state index in [0.717, 1.165) is 30.0 Å². The van der Waals surface area contributed by atoms with Gasteiger partial charge >= 0.3 is 5.97 Å². The molecule has 6 heteroatoms. The molecule has 0 bridgehead atoms. The fourth-order valence-electron chi connectivity index (χ4n) is 3.04. The van der Waals surface area contributed by atoms with E-state index in [0.29, 0.717) is 13.2 Å². The van der Waals surface area contributed by atoms with Gasteiger partial charge in [-0.3, -0.25) is 9.69 Å². The Morgan fingerprint density at radius 3 is 3.00 bits per heavy atom. The molecule has 1 aromatic carbocycles. The number of hydrogen-bond acceptors (Lipinski definition) is 4. The van der Waals surface area contributed by atoms with Crippen LogP contribution in [-0.2, 0) is 16.1 Å². The summed E-state index contributed by atoms with van der Waals surface area (Å²) in [4.78, 5) is 13.1. The Labute approximate surface area is 141 Å². The fourth-order valence-corrected chi connectivity index (χ4v) is 3.04. The predicted octanol–water partition coefficient (Wildman–Crippen LogP) is 2.16. The number of aromatic nitrogens is 2. The lowest BCUT2D eigenvalue weighted by atomic mass is 10.2. The van der Waals surface area contributed by atoms with Crippen LogP contribution >= 0.6 is 0 Å². The molecule has 1 saturated heterocycles. The SMILES string of the molecule is Cc1cccc(-n2cc(CN3CCOC(CC(=O)O)C3)c(C)n2)c1. The third kappa shape index (κ3) is 4.01. The summed E-state index contributed by atoms with van der Waals surface area (Å²) in [7, 11) is 0. The van der Waals surface area contributed by atoms with E-state index in [4.69, 9.17) is 9.84 Å². The Morgan fingerprint density at radius 1 is 1.42 bits per heavy atom. The van der Waals surface area contributed by atoms with Gasteiger partial charge in [0.25, 0.3) is 0 Å². The van der Waals surface area contributed by atoms with Gasteiger partial charge in [0, 0.05) is 31.4 Å². The van der Waals surface area contributed by atoms with Gasteiger partial charge in [0.2, 0.25) is 0 Å². The Morgan fingerprint density at radius 2 is 2.25 bits per heavy atom. The number of morpholine rings is 1. The largest absolute Gasteiger partial charge is 0.481 e. The minimum absolute atomic E-state index is 0.0536. The van der Waals surface area contributed by atoms with Gasteiger partial charge in [-0.25, -0.2) is 4.68 Å². The lowest BCUT2D eigenvalue weighted by Crippen LogP contribution is -2.42. The van der Waals surface area contributed by atoms with Crippen molar-refractivity contribution in [2.75, 3.05) is 19.7 Å². The number of rotatable bonds is 5. The zero-order valence-corrected chi connectivity index (χ0v) is 14.1. The Balaban J connectivity index is 1.70. The molecule has 0 spiro atoms. The third-order valence-corrected chi connectivity index (χ3v) is 4.29. The van der Waals surface area contributed by atoms with Crippen molar-refractivity contribution in [1.82, 2.24) is 14.7 Å². The van der Waals surface area contributed by atoms with Crippen LogP contribution in [-0.4, -0.2) is 51.6 Å². The Bertz CT molecular complexity index is 726. The van der Waals surface area contributed by atoms with Crippen LogP contribution in [0.25, 0.3) is 5.69 Å². The van der Waals surface area contributed by atoms with Crippen molar-refractivity contribution >= 4 is 5.97 Å². The summed E-state index contributed by atoms with van der Waals surface area (Å²) in [5.41, 5.74) is 4.41. The first-order valence-electron chi connectivity index (χ1n) is 8.19. The molecular weight excluding hydrogens is 306 g/mol. The highest BCUT2D eigenvalue weighted by atomic mass is 16.5. The molecule has 2 heterocycles. The monoisotopic (exact) mass is 329 g/mol. The van der Waals surface area contributed by atoms with Crippen molar-refractivity contribution in [3.63, 3.8) is 0 Å². The highest BCUT2D eigenvalue weighted by molar-refractivity contribution is 5.67. The van der Waals surface area contributed by atoms with Crippen molar-refractivity contribution in [2.45, 2.75) is 32.9 Å². The van der Waals surface area contributed by atoms with Crippen LogP contribution in [0.1, 0.15) is 23.2 Å². The Hall–Kier alpha value is -2.18. The molecule has 24 heavy (non-hydrogen) atoms. The molecule has 1 fully saturated rings. The van der Waals surface area contributed by atoms with Crippen LogP contribution in [0, 0.1) is 13.8 Å². The van der Waals surface area contributed by atoms with Crippen molar-refractivity contribution in [3.8, 4) is 5.69 Å². The molecule has 1 aliphatic heterocycles. The van der Waals surface area contributed by atoms with Gasteiger partial charge in [-0.1, -0.05) is 12.1 Å². The number of carboxylic acid groups (broad SMARTS) is 1. The number of hydrogen-bond donors (Lipinski definition) is 1. The second kappa shape index (κ2) is 7.15. The first-order chi connectivity index (χ1) is 11.5. The first kappa shape index (κ1) is 16.7. The maximum absolute atomic E-state index is 10.9. The zero-order valence-electron chi connectivity index (χ0n) is 14.1. The minimum Gasteiger partial charge on any atom is -0.481 e. The summed E-state index contributed by atoms with van der Waals surface area (Å²) in [6.07, 6.45) is 1.88. The molecule has 1 atom stereocenters. The van der Waals surface area contributed by atoms with Gasteiger partial charge in [-0.05, 0) is 31.5 Å². The molecule has 1 aliphatic rings. The molecule has 3 rings (SSSR count). The smallest absolute Gasteiger partial charge is 0.306 e. The second-order valence-corrected chi connectivity index (χ2v) is 6.35. The van der Waals surface area contributed by atoms with Crippen molar-refractivity contribution in [1.29, 1.82) is 0 Å². The van der Waals surface area contributed by atoms with E-state index < -0.39 is 5.97 Å². The van der Waals surface area contributed by atoms with E-state index in [9.17, 15) is 4.79 Å². The van der Waals surface area contributed by atoms with Gasteiger partial charge in [0.15, 0.2) is 0 Å². The summed E-state index contributed by atoms with van der Waals surface area (Å²) in [5, 5.41) is 13.5. The third-order valence-electron chi connectivity index (χ3n) is 4.29. The quantitative estimate of drug-likeness (QED) is 0.910. The van der Waals surface area contributed by atoms with Gasteiger partial charge in [-0.15, -0.1) is 0 Å². The standard InChI is InChI=1S/C18H23N3O3/c1-13-4-3-5-16(8-13)21-11-15(14(2)19-21)10-20-6-7-24-17(12-20)9-18(22)23/h3-5,8,11,17H,6-7,9-10,12H2,1-2H3,(H,22,23). The first-order valence-corrected chi connectivity index (χ1v) is 8.19. The molecule has 2 aromatic rings. The maximum atomic E-state index is 10.9. The number of benzene rings is 1. The molecule has 0 radical (unpaired) electrons. The van der Waals surface area contributed by atoms with E-state index in [1.807, 2.05) is 23.7 Å². The molecular formula is C18H23N3O3. The molecule has 128 valence electrons. The van der Waals surface area contributed by atoms with Gasteiger partial charge in [0.05, 0.1) is 30.5 Å². The molecule has 0 saturated carbocycles. The average Bonchev–Trinajstić information content (AvgIpc) is 2.88. The van der Waals surface area contributed by atoms with Crippen molar-refractivity contribution in [3.05, 3.63) is 47.3 Å². The van der Waals surface area contributed by atoms with E-state index >= 15 is 0 Å². The highest BCUT2D eigenvalue weighted by Crippen LogP contribution is 2.17. The van der Waals surface area contributed by atoms with E-state index in [1.165, 1.54) is 5.56 Å². The van der Waals surface area contributed by atoms with Crippen LogP contribution in [0.5, 0.6) is 0 Å². The van der Waals surface area contributed by atoms with Crippen LogP contribution in [0.3, 0.4) is 0 Å². The number of carboxylic acids is 1. The van der Waals surface area contributed by atoms with Crippen molar-refractivity contribution < 1.29 is 14.6 Å². The molecule has 0 aliphatic carbocycles. The summed E-state index contributed by atoms with van der Waals surface area (Å²) in [6.45, 7) is 6.86. The van der Waals surface area contributed by atoms with Gasteiger partial charge < -0.3 is 9.84 Å². The molecule has 0 amide bonds. The van der Waals surface area contributed by atoms with E-state index in [2.05, 4.69) is 35.3 Å². The number of carbonyl (C=O) groups is 1. The lowest BCUT2D eigenvalue weighted by molar-refractivity contribution is -0.142. The predicted molar refractivity (Wildman–Crippen MR) is 90.3 cm³/mol. The minimum atomic E-state index is -0.815. The van der Waals surface area contributed by atoms with E-state index in [-0.39, 0.29) is 12.5 Å². The van der Waals surface area contributed by atoms with Crippen LogP contribution in [0.15, 0.2) is 30.5 Å². The fraction of sp³-hybridized carbons (Fsp3) is 0.444. The number of aryl methyl sites for hydroxylation is 2. The van der Waals surface area contributed by atoms with Crippen molar-refractivity contribution in [2.24, 2.45) is 0 Å². The molecule has 1 unspecified atom stereocenters. The number of ether oxygens (including phenoxy) is 1. The number of aliphatic carboxylic acids is 1. The van der Waals surface area contributed by atoms with Gasteiger partial charge in [-0.2, -0.15) is 5.10 Å². The molecule has 6 nitrogen and oxygen atoms in total. The zero-order chi connectivity index (χ0) is 17.1. The van der Waals surface area contributed by atoms with E-state index in [1.54, 1.807) is 0 Å². The maximum Gasteiger partial charge on any atom is 0.306 e. The van der Waals surface area contributed by atoms with Crippen LogP contribution in [0.2, 0.25) is 0 Å². The molecule has 1 aromatic heterocycles. The topological polar surface area (TPSA) is 67.6 Å². The lowest BCUT2D eigenvalue weighted by Gasteiger charge is -2.32.